The number of carbonyl (C=O) groups is 1. The molecule has 1 heterocycles. The van der Waals surface area contributed by atoms with E-state index in [1.165, 1.54) is 18.2 Å². The molecule has 1 aliphatic rings. The number of nitrogens with zero attached hydrogens (tertiary/aromatic N) is 1. The lowest BCUT2D eigenvalue weighted by molar-refractivity contribution is 0.0864. The van der Waals surface area contributed by atoms with Gasteiger partial charge in [-0.3, -0.25) is 4.79 Å². The molecule has 0 unspecified atom stereocenters. The van der Waals surface area contributed by atoms with Crippen molar-refractivity contribution in [1.82, 2.24) is 5.32 Å². The molecule has 0 radical (unpaired) electrons. The molecule has 4 nitrogen and oxygen atoms in total. The molecule has 2 aromatic rings. The van der Waals surface area contributed by atoms with E-state index in [-0.39, 0.29) is 28.2 Å². The van der Waals surface area contributed by atoms with Crippen LogP contribution in [0.1, 0.15) is 62.9 Å². The van der Waals surface area contributed by atoms with Crippen molar-refractivity contribution in [3.05, 3.63) is 59.4 Å². The average Bonchev–Trinajstić information content (AvgIpc) is 2.61. The van der Waals surface area contributed by atoms with E-state index in [1.54, 1.807) is 24.3 Å². The van der Waals surface area contributed by atoms with Crippen molar-refractivity contribution in [3.63, 3.8) is 0 Å². The standard InChI is InChI=1S/C24H27FN2O2/c1-23(2)13-16(14-24(3,4)27-23)12-21(28)17-8-10-19(11-9-17)29-22-18(15-26)6-5-7-20(22)25/h5-11,16,27H,12-14H2,1-4H3. The highest BCUT2D eigenvalue weighted by molar-refractivity contribution is 5.96. The van der Waals surface area contributed by atoms with Gasteiger partial charge in [0.2, 0.25) is 0 Å². The minimum Gasteiger partial charge on any atom is -0.453 e. The number of nitrogens with one attached hydrogen (secondary N) is 1. The summed E-state index contributed by atoms with van der Waals surface area (Å²) < 4.78 is 19.5. The first-order valence-electron chi connectivity index (χ1n) is 9.88. The SMILES string of the molecule is CC1(C)CC(CC(=O)c2ccc(Oc3c(F)cccc3C#N)cc2)CC(C)(C)N1. The highest BCUT2D eigenvalue weighted by Gasteiger charge is 2.38. The normalized spacial score (nSPS) is 18.1. The lowest BCUT2D eigenvalue weighted by atomic mass is 9.74. The van der Waals surface area contributed by atoms with Gasteiger partial charge >= 0.3 is 0 Å². The lowest BCUT2D eigenvalue weighted by Crippen LogP contribution is -2.57. The van der Waals surface area contributed by atoms with Crippen LogP contribution >= 0.6 is 0 Å². The molecule has 1 N–H and O–H groups in total. The van der Waals surface area contributed by atoms with Crippen molar-refractivity contribution < 1.29 is 13.9 Å². The molecule has 1 fully saturated rings. The third-order valence-electron chi connectivity index (χ3n) is 5.23. The van der Waals surface area contributed by atoms with Gasteiger partial charge in [-0.15, -0.1) is 0 Å². The van der Waals surface area contributed by atoms with E-state index in [9.17, 15) is 9.18 Å². The number of piperidine rings is 1. The number of rotatable bonds is 5. The second-order valence-electron chi connectivity index (χ2n) is 9.15. The van der Waals surface area contributed by atoms with Gasteiger partial charge in [-0.2, -0.15) is 5.26 Å². The smallest absolute Gasteiger partial charge is 0.180 e. The summed E-state index contributed by atoms with van der Waals surface area (Å²) in [5.74, 6) is 0.0980. The molecule has 2 aromatic carbocycles. The summed E-state index contributed by atoms with van der Waals surface area (Å²) in [4.78, 5) is 12.8. The minimum absolute atomic E-state index is 0.00258. The maximum atomic E-state index is 14.0. The van der Waals surface area contributed by atoms with Crippen molar-refractivity contribution in [2.75, 3.05) is 0 Å². The van der Waals surface area contributed by atoms with Gasteiger partial charge < -0.3 is 10.1 Å². The summed E-state index contributed by atoms with van der Waals surface area (Å²) in [7, 11) is 0. The molecule has 0 atom stereocenters. The van der Waals surface area contributed by atoms with E-state index in [1.807, 2.05) is 6.07 Å². The molecular weight excluding hydrogens is 367 g/mol. The molecule has 1 aliphatic heterocycles. The van der Waals surface area contributed by atoms with Gasteiger partial charge in [0.25, 0.3) is 0 Å². The number of ether oxygens (including phenoxy) is 1. The number of halogens is 1. The first kappa shape index (κ1) is 21.0. The van der Waals surface area contributed by atoms with Crippen molar-refractivity contribution >= 4 is 5.78 Å². The Bertz CT molecular complexity index is 926. The number of para-hydroxylation sites is 1. The zero-order valence-corrected chi connectivity index (χ0v) is 17.4. The first-order chi connectivity index (χ1) is 13.6. The summed E-state index contributed by atoms with van der Waals surface area (Å²) >= 11 is 0. The lowest BCUT2D eigenvalue weighted by Gasteiger charge is -2.46. The van der Waals surface area contributed by atoms with Crippen molar-refractivity contribution in [1.29, 1.82) is 5.26 Å². The van der Waals surface area contributed by atoms with Crippen LogP contribution in [0.5, 0.6) is 11.5 Å². The van der Waals surface area contributed by atoms with E-state index in [0.717, 1.165) is 12.8 Å². The minimum atomic E-state index is -0.597. The van der Waals surface area contributed by atoms with Gasteiger partial charge in [0.1, 0.15) is 11.8 Å². The van der Waals surface area contributed by atoms with E-state index < -0.39 is 5.82 Å². The fourth-order valence-corrected chi connectivity index (χ4v) is 4.59. The number of ketones is 1. The fraction of sp³-hybridized carbons (Fsp3) is 0.417. The van der Waals surface area contributed by atoms with E-state index in [4.69, 9.17) is 10.00 Å². The van der Waals surface area contributed by atoms with Gasteiger partial charge in [-0.05, 0) is 82.9 Å². The van der Waals surface area contributed by atoms with Crippen LogP contribution in [0.3, 0.4) is 0 Å². The van der Waals surface area contributed by atoms with Crippen LogP contribution in [-0.2, 0) is 0 Å². The number of hydrogen-bond donors (Lipinski definition) is 1. The van der Waals surface area contributed by atoms with Crippen LogP contribution < -0.4 is 10.1 Å². The molecule has 29 heavy (non-hydrogen) atoms. The number of nitriles is 1. The van der Waals surface area contributed by atoms with Crippen LogP contribution in [0.25, 0.3) is 0 Å². The third-order valence-corrected chi connectivity index (χ3v) is 5.23. The zero-order valence-electron chi connectivity index (χ0n) is 17.4. The molecule has 0 aromatic heterocycles. The third kappa shape index (κ3) is 5.21. The number of benzene rings is 2. The molecule has 0 amide bonds. The van der Waals surface area contributed by atoms with Crippen LogP contribution in [0.2, 0.25) is 0 Å². The second kappa shape index (κ2) is 7.96. The van der Waals surface area contributed by atoms with Crippen molar-refractivity contribution in [2.24, 2.45) is 5.92 Å². The quantitative estimate of drug-likeness (QED) is 0.669. The number of hydrogen-bond acceptors (Lipinski definition) is 4. The zero-order chi connectivity index (χ0) is 21.2. The van der Waals surface area contributed by atoms with E-state index in [0.29, 0.717) is 23.7 Å². The summed E-state index contributed by atoms with van der Waals surface area (Å²) in [5, 5.41) is 12.8. The molecule has 5 heteroatoms. The Morgan fingerprint density at radius 3 is 2.34 bits per heavy atom. The van der Waals surface area contributed by atoms with Crippen molar-refractivity contribution in [3.8, 4) is 17.6 Å². The largest absolute Gasteiger partial charge is 0.453 e. The van der Waals surface area contributed by atoms with Crippen molar-refractivity contribution in [2.45, 2.75) is 58.0 Å². The summed E-state index contributed by atoms with van der Waals surface area (Å²) in [6.45, 7) is 8.71. The molecule has 1 saturated heterocycles. The van der Waals surface area contributed by atoms with Gasteiger partial charge in [-0.1, -0.05) is 6.07 Å². The van der Waals surface area contributed by atoms with Gasteiger partial charge in [-0.25, -0.2) is 4.39 Å². The summed E-state index contributed by atoms with van der Waals surface area (Å²) in [6, 6.07) is 12.8. The predicted molar refractivity (Wildman–Crippen MR) is 111 cm³/mol. The average molecular weight is 394 g/mol. The molecular formula is C24H27FN2O2. The number of Topliss-reactive ketones (excluding diaryl/α,β-unsaturated/α-hetero) is 1. The molecule has 0 aliphatic carbocycles. The Labute approximate surface area is 171 Å². The predicted octanol–water partition coefficient (Wildman–Crippen LogP) is 5.62. The van der Waals surface area contributed by atoms with Crippen LogP contribution in [0.15, 0.2) is 42.5 Å². The van der Waals surface area contributed by atoms with E-state index >= 15 is 0 Å². The highest BCUT2D eigenvalue weighted by atomic mass is 19.1. The molecule has 3 rings (SSSR count). The molecule has 0 spiro atoms. The van der Waals surface area contributed by atoms with Crippen LogP contribution in [-0.4, -0.2) is 16.9 Å². The molecule has 0 bridgehead atoms. The topological polar surface area (TPSA) is 62.1 Å². The van der Waals surface area contributed by atoms with E-state index in [2.05, 4.69) is 33.0 Å². The second-order valence-corrected chi connectivity index (χ2v) is 9.15. The summed E-state index contributed by atoms with van der Waals surface area (Å²) in [6.07, 6.45) is 2.40. The van der Waals surface area contributed by atoms with Gasteiger partial charge in [0.05, 0.1) is 5.56 Å². The number of carbonyl (C=O) groups excluding carboxylic acids is 1. The Hall–Kier alpha value is -2.71. The maximum Gasteiger partial charge on any atom is 0.180 e. The molecule has 0 saturated carbocycles. The fourth-order valence-electron chi connectivity index (χ4n) is 4.59. The van der Waals surface area contributed by atoms with Gasteiger partial charge in [0.15, 0.2) is 17.3 Å². The van der Waals surface area contributed by atoms with Crippen LogP contribution in [0, 0.1) is 23.1 Å². The maximum absolute atomic E-state index is 14.0. The van der Waals surface area contributed by atoms with Crippen LogP contribution in [0.4, 0.5) is 4.39 Å². The Kier molecular flexibility index (Phi) is 5.77. The molecule has 152 valence electrons. The first-order valence-corrected chi connectivity index (χ1v) is 9.88. The monoisotopic (exact) mass is 394 g/mol. The Morgan fingerprint density at radius 1 is 1.14 bits per heavy atom. The highest BCUT2D eigenvalue weighted by Crippen LogP contribution is 2.35. The Morgan fingerprint density at radius 2 is 1.76 bits per heavy atom. The summed E-state index contributed by atoms with van der Waals surface area (Å²) in [5.41, 5.74) is 0.743. The van der Waals surface area contributed by atoms with Gasteiger partial charge in [0, 0.05) is 23.1 Å². The Balaban J connectivity index is 1.69.